The maximum Gasteiger partial charge on any atom is 0.259 e. The number of pyridine rings is 1. The molecule has 0 aliphatic rings. The third-order valence-electron chi connectivity index (χ3n) is 2.76. The van der Waals surface area contributed by atoms with E-state index >= 15 is 0 Å². The van der Waals surface area contributed by atoms with Gasteiger partial charge >= 0.3 is 0 Å². The van der Waals surface area contributed by atoms with E-state index in [2.05, 4.69) is 20.3 Å². The van der Waals surface area contributed by atoms with Crippen molar-refractivity contribution < 1.29 is 4.79 Å². The molecule has 0 spiro atoms. The van der Waals surface area contributed by atoms with E-state index < -0.39 is 0 Å². The van der Waals surface area contributed by atoms with E-state index in [1.54, 1.807) is 18.3 Å². The number of amides is 1. The third kappa shape index (κ3) is 2.31. The Hall–Kier alpha value is -2.53. The van der Waals surface area contributed by atoms with E-state index in [9.17, 15) is 4.79 Å². The summed E-state index contributed by atoms with van der Waals surface area (Å²) in [4.78, 5) is 24.4. The van der Waals surface area contributed by atoms with Gasteiger partial charge in [0.05, 0.1) is 11.1 Å². The number of para-hydroxylation sites is 1. The highest BCUT2D eigenvalue weighted by molar-refractivity contribution is 6.32. The highest BCUT2D eigenvalue weighted by Gasteiger charge is 2.13. The van der Waals surface area contributed by atoms with E-state index in [-0.39, 0.29) is 16.9 Å². The van der Waals surface area contributed by atoms with Crippen LogP contribution in [0.3, 0.4) is 0 Å². The second-order valence-corrected chi connectivity index (χ2v) is 4.39. The van der Waals surface area contributed by atoms with Crippen molar-refractivity contribution in [3.8, 4) is 0 Å². The molecule has 3 aromatic rings. The summed E-state index contributed by atoms with van der Waals surface area (Å²) in [6.45, 7) is 0. The highest BCUT2D eigenvalue weighted by atomic mass is 35.5. The molecule has 3 rings (SSSR count). The molecule has 1 amide bonds. The van der Waals surface area contributed by atoms with Gasteiger partial charge in [0.2, 0.25) is 0 Å². The number of nitrogens with one attached hydrogen (secondary N) is 1. The molecule has 98 valence electrons. The first-order valence-electron chi connectivity index (χ1n) is 5.87. The van der Waals surface area contributed by atoms with Crippen molar-refractivity contribution in [1.82, 2.24) is 15.0 Å². The molecule has 0 radical (unpaired) electrons. The first-order valence-corrected chi connectivity index (χ1v) is 6.25. The second kappa shape index (κ2) is 5.22. The first-order chi connectivity index (χ1) is 9.75. The molecule has 0 unspecified atom stereocenters. The van der Waals surface area contributed by atoms with Crippen molar-refractivity contribution in [3.63, 3.8) is 0 Å². The lowest BCUT2D eigenvalue weighted by Crippen LogP contribution is -2.14. The van der Waals surface area contributed by atoms with Crippen LogP contribution in [0, 0.1) is 0 Å². The monoisotopic (exact) mass is 284 g/mol. The van der Waals surface area contributed by atoms with E-state index in [0.717, 1.165) is 5.39 Å². The molecule has 2 heterocycles. The zero-order chi connectivity index (χ0) is 13.9. The summed E-state index contributed by atoms with van der Waals surface area (Å²) < 4.78 is 0. The van der Waals surface area contributed by atoms with Gasteiger partial charge in [0.1, 0.15) is 0 Å². The van der Waals surface area contributed by atoms with Gasteiger partial charge in [-0.15, -0.1) is 0 Å². The van der Waals surface area contributed by atoms with Gasteiger partial charge in [-0.05, 0) is 12.1 Å². The lowest BCUT2D eigenvalue weighted by Gasteiger charge is -2.07. The number of aromatic nitrogens is 3. The zero-order valence-electron chi connectivity index (χ0n) is 10.2. The Morgan fingerprint density at radius 3 is 2.65 bits per heavy atom. The maximum absolute atomic E-state index is 12.3. The number of nitrogens with zero attached hydrogens (tertiary/aromatic N) is 3. The number of benzene rings is 1. The minimum absolute atomic E-state index is 0.147. The Morgan fingerprint density at radius 1 is 1.00 bits per heavy atom. The predicted octanol–water partition coefficient (Wildman–Crippen LogP) is 2.93. The van der Waals surface area contributed by atoms with E-state index in [1.807, 2.05) is 18.2 Å². The van der Waals surface area contributed by atoms with Crippen LogP contribution in [0.2, 0.25) is 5.15 Å². The average Bonchev–Trinajstić information content (AvgIpc) is 2.49. The number of anilines is 1. The molecule has 0 aliphatic carbocycles. The third-order valence-corrected chi connectivity index (χ3v) is 3.04. The van der Waals surface area contributed by atoms with Gasteiger partial charge in [-0.25, -0.2) is 9.97 Å². The van der Waals surface area contributed by atoms with Gasteiger partial charge in [-0.3, -0.25) is 9.78 Å². The molecule has 0 saturated heterocycles. The van der Waals surface area contributed by atoms with Crippen LogP contribution in [0.25, 0.3) is 10.9 Å². The number of halogens is 1. The van der Waals surface area contributed by atoms with Crippen LogP contribution in [-0.4, -0.2) is 20.9 Å². The van der Waals surface area contributed by atoms with Crippen LogP contribution in [-0.2, 0) is 0 Å². The van der Waals surface area contributed by atoms with Crippen LogP contribution < -0.4 is 5.32 Å². The summed E-state index contributed by atoms with van der Waals surface area (Å²) in [5, 5.41) is 3.68. The smallest absolute Gasteiger partial charge is 0.259 e. The van der Waals surface area contributed by atoms with Gasteiger partial charge in [0.15, 0.2) is 11.0 Å². The summed E-state index contributed by atoms with van der Waals surface area (Å²) in [6.07, 6.45) is 4.56. The van der Waals surface area contributed by atoms with Crippen LogP contribution in [0.4, 0.5) is 5.82 Å². The Morgan fingerprint density at radius 2 is 1.80 bits per heavy atom. The second-order valence-electron chi connectivity index (χ2n) is 4.03. The standard InChI is InChI=1S/C14H9ClN4O/c15-12-13(18-8-7-17-12)19-14(20)10-5-1-3-9-4-2-6-16-11(9)10/h1-8H,(H,18,19,20). The number of hydrogen-bond acceptors (Lipinski definition) is 4. The predicted molar refractivity (Wildman–Crippen MR) is 76.7 cm³/mol. The molecule has 2 aromatic heterocycles. The summed E-state index contributed by atoms with van der Waals surface area (Å²) in [7, 11) is 0. The van der Waals surface area contributed by atoms with Crippen molar-refractivity contribution in [2.24, 2.45) is 0 Å². The minimum atomic E-state index is -0.322. The van der Waals surface area contributed by atoms with Crippen molar-refractivity contribution in [3.05, 3.63) is 59.6 Å². The first kappa shape index (κ1) is 12.5. The number of fused-ring (bicyclic) bond motifs is 1. The van der Waals surface area contributed by atoms with Gasteiger partial charge in [0.25, 0.3) is 5.91 Å². The normalized spacial score (nSPS) is 10.4. The van der Waals surface area contributed by atoms with Crippen molar-refractivity contribution in [2.75, 3.05) is 5.32 Å². The van der Waals surface area contributed by atoms with Crippen molar-refractivity contribution in [1.29, 1.82) is 0 Å². The Kier molecular flexibility index (Phi) is 3.26. The fourth-order valence-electron chi connectivity index (χ4n) is 1.87. The van der Waals surface area contributed by atoms with Crippen molar-refractivity contribution in [2.45, 2.75) is 0 Å². The average molecular weight is 285 g/mol. The quantitative estimate of drug-likeness (QED) is 0.785. The molecule has 0 fully saturated rings. The van der Waals surface area contributed by atoms with Gasteiger partial charge in [-0.1, -0.05) is 29.8 Å². The molecular weight excluding hydrogens is 276 g/mol. The number of carbonyl (C=O) groups excluding carboxylic acids is 1. The molecule has 0 atom stereocenters. The zero-order valence-corrected chi connectivity index (χ0v) is 11.0. The fraction of sp³-hybridized carbons (Fsp3) is 0. The molecular formula is C14H9ClN4O. The molecule has 0 bridgehead atoms. The topological polar surface area (TPSA) is 67.8 Å². The summed E-state index contributed by atoms with van der Waals surface area (Å²) >= 11 is 5.87. The van der Waals surface area contributed by atoms with Crippen molar-refractivity contribution >= 4 is 34.2 Å². The Labute approximate surface area is 119 Å². The maximum atomic E-state index is 12.3. The van der Waals surface area contributed by atoms with Crippen LogP contribution in [0.15, 0.2) is 48.9 Å². The number of rotatable bonds is 2. The molecule has 1 aromatic carbocycles. The summed E-state index contributed by atoms with van der Waals surface area (Å²) in [6, 6.07) is 9.12. The molecule has 6 heteroatoms. The number of hydrogen-bond donors (Lipinski definition) is 1. The lowest BCUT2D eigenvalue weighted by molar-refractivity contribution is 0.102. The SMILES string of the molecule is O=C(Nc1nccnc1Cl)c1cccc2cccnc12. The Balaban J connectivity index is 1.99. The van der Waals surface area contributed by atoms with E-state index in [1.165, 1.54) is 12.4 Å². The fourth-order valence-corrected chi connectivity index (χ4v) is 2.02. The molecule has 0 saturated carbocycles. The molecule has 1 N–H and O–H groups in total. The Bertz CT molecular complexity index is 785. The van der Waals surface area contributed by atoms with Gasteiger partial charge < -0.3 is 5.32 Å². The largest absolute Gasteiger partial charge is 0.304 e. The van der Waals surface area contributed by atoms with Crippen LogP contribution in [0.5, 0.6) is 0 Å². The lowest BCUT2D eigenvalue weighted by atomic mass is 10.1. The minimum Gasteiger partial charge on any atom is -0.304 e. The van der Waals surface area contributed by atoms with Gasteiger partial charge in [-0.2, -0.15) is 0 Å². The van der Waals surface area contributed by atoms with Gasteiger partial charge in [0, 0.05) is 24.0 Å². The van der Waals surface area contributed by atoms with E-state index in [0.29, 0.717) is 11.1 Å². The van der Waals surface area contributed by atoms with E-state index in [4.69, 9.17) is 11.6 Å². The summed E-state index contributed by atoms with van der Waals surface area (Å²) in [5.41, 5.74) is 1.09. The summed E-state index contributed by atoms with van der Waals surface area (Å²) in [5.74, 6) is -0.0937. The molecule has 0 aliphatic heterocycles. The van der Waals surface area contributed by atoms with Crippen LogP contribution in [0.1, 0.15) is 10.4 Å². The molecule has 5 nitrogen and oxygen atoms in total. The van der Waals surface area contributed by atoms with Crippen LogP contribution >= 0.6 is 11.6 Å². The number of carbonyl (C=O) groups is 1. The molecule has 20 heavy (non-hydrogen) atoms. The highest BCUT2D eigenvalue weighted by Crippen LogP contribution is 2.19.